The second-order valence-electron chi connectivity index (χ2n) is 7.26. The van der Waals surface area contributed by atoms with Gasteiger partial charge in [0.2, 0.25) is 5.82 Å². The fourth-order valence-corrected chi connectivity index (χ4v) is 3.48. The van der Waals surface area contributed by atoms with Crippen molar-refractivity contribution >= 4 is 16.9 Å². The van der Waals surface area contributed by atoms with E-state index < -0.39 is 5.97 Å². The molecule has 34 heavy (non-hydrogen) atoms. The third-order valence-corrected chi connectivity index (χ3v) is 5.19. The Kier molecular flexibility index (Phi) is 5.65. The number of esters is 1. The van der Waals surface area contributed by atoms with E-state index in [1.807, 2.05) is 30.3 Å². The van der Waals surface area contributed by atoms with Crippen molar-refractivity contribution in [3.63, 3.8) is 0 Å². The van der Waals surface area contributed by atoms with Crippen molar-refractivity contribution < 1.29 is 28.1 Å². The Labute approximate surface area is 193 Å². The molecule has 9 heteroatoms. The zero-order chi connectivity index (χ0) is 23.5. The lowest BCUT2D eigenvalue weighted by Gasteiger charge is -2.07. The fraction of sp³-hybridized carbons (Fsp3) is 0.120. The topological polar surface area (TPSA) is 110 Å². The van der Waals surface area contributed by atoms with Crippen molar-refractivity contribution in [2.45, 2.75) is 6.61 Å². The summed E-state index contributed by atoms with van der Waals surface area (Å²) in [6.07, 6.45) is 0. The van der Waals surface area contributed by atoms with Crippen LogP contribution in [0.1, 0.15) is 16.2 Å². The van der Waals surface area contributed by atoms with E-state index in [-0.39, 0.29) is 12.5 Å². The lowest BCUT2D eigenvalue weighted by molar-refractivity contribution is 0.0430. The number of hydrogen-bond donors (Lipinski definition) is 0. The molecule has 0 amide bonds. The number of carbonyl (C=O) groups is 1. The maximum Gasteiger partial charge on any atom is 0.338 e. The minimum Gasteiger partial charge on any atom is -0.497 e. The highest BCUT2D eigenvalue weighted by atomic mass is 16.6. The zero-order valence-corrected chi connectivity index (χ0v) is 18.3. The van der Waals surface area contributed by atoms with Gasteiger partial charge in [0.25, 0.3) is 5.89 Å². The molecule has 0 atom stereocenters. The van der Waals surface area contributed by atoms with E-state index >= 15 is 0 Å². The summed E-state index contributed by atoms with van der Waals surface area (Å²) in [6.45, 7) is -0.183. The molecule has 0 saturated carbocycles. The van der Waals surface area contributed by atoms with Crippen LogP contribution < -0.4 is 9.47 Å². The summed E-state index contributed by atoms with van der Waals surface area (Å²) >= 11 is 0. The summed E-state index contributed by atoms with van der Waals surface area (Å²) in [5, 5.41) is 8.74. The maximum atomic E-state index is 12.7. The van der Waals surface area contributed by atoms with E-state index in [0.29, 0.717) is 45.1 Å². The quantitative estimate of drug-likeness (QED) is 0.315. The molecule has 0 aliphatic rings. The Bertz CT molecular complexity index is 1460. The van der Waals surface area contributed by atoms with Crippen LogP contribution in [0.2, 0.25) is 0 Å². The number of fused-ring (bicyclic) bond motifs is 1. The van der Waals surface area contributed by atoms with Crippen molar-refractivity contribution in [1.29, 1.82) is 0 Å². The van der Waals surface area contributed by atoms with Gasteiger partial charge in [-0.1, -0.05) is 40.6 Å². The molecule has 170 valence electrons. The van der Waals surface area contributed by atoms with Gasteiger partial charge in [-0.05, 0) is 30.3 Å². The van der Waals surface area contributed by atoms with Gasteiger partial charge in [-0.25, -0.2) is 4.79 Å². The highest BCUT2D eigenvalue weighted by Gasteiger charge is 2.18. The molecule has 2 heterocycles. The number of rotatable bonds is 7. The summed E-state index contributed by atoms with van der Waals surface area (Å²) in [7, 11) is 3.11. The first kappa shape index (κ1) is 21.2. The Balaban J connectivity index is 1.32. The SMILES string of the molecule is COc1ccc(-c2noc(COC(=O)c3ccc4noc(-c5ccccc5)c4c3)n2)c(OC)c1. The molecular formula is C25H19N3O6. The molecule has 9 nitrogen and oxygen atoms in total. The van der Waals surface area contributed by atoms with E-state index in [1.165, 1.54) is 7.11 Å². The molecule has 5 aromatic rings. The standard InChI is InChI=1S/C25H19N3O6/c1-30-17-9-10-18(21(13-17)31-2)24-26-22(33-28-24)14-32-25(29)16-8-11-20-19(12-16)23(34-27-20)15-6-4-3-5-7-15/h3-13H,14H2,1-2H3. The summed E-state index contributed by atoms with van der Waals surface area (Å²) < 4.78 is 26.7. The van der Waals surface area contributed by atoms with Crippen LogP contribution in [0.3, 0.4) is 0 Å². The molecule has 3 aromatic carbocycles. The summed E-state index contributed by atoms with van der Waals surface area (Å²) in [6, 6.07) is 19.8. The number of methoxy groups -OCH3 is 2. The van der Waals surface area contributed by atoms with Crippen LogP contribution in [0.25, 0.3) is 33.6 Å². The first-order valence-corrected chi connectivity index (χ1v) is 10.3. The van der Waals surface area contributed by atoms with Gasteiger partial charge in [0.1, 0.15) is 17.0 Å². The Morgan fingerprint density at radius 3 is 2.56 bits per heavy atom. The molecule has 0 bridgehead atoms. The van der Waals surface area contributed by atoms with Crippen LogP contribution >= 0.6 is 0 Å². The number of ether oxygens (including phenoxy) is 3. The average molecular weight is 457 g/mol. The predicted octanol–water partition coefficient (Wildman–Crippen LogP) is 4.92. The fourth-order valence-electron chi connectivity index (χ4n) is 3.48. The zero-order valence-electron chi connectivity index (χ0n) is 18.3. The van der Waals surface area contributed by atoms with Gasteiger partial charge in [0, 0.05) is 11.6 Å². The van der Waals surface area contributed by atoms with Crippen LogP contribution in [-0.4, -0.2) is 35.5 Å². The molecule has 5 rings (SSSR count). The minimum atomic E-state index is -0.538. The molecule has 0 saturated heterocycles. The van der Waals surface area contributed by atoms with Crippen LogP contribution in [0.4, 0.5) is 0 Å². The van der Waals surface area contributed by atoms with Crippen molar-refractivity contribution in [2.24, 2.45) is 0 Å². The van der Waals surface area contributed by atoms with Gasteiger partial charge in [-0.15, -0.1) is 0 Å². The number of hydrogen-bond acceptors (Lipinski definition) is 9. The van der Waals surface area contributed by atoms with Crippen LogP contribution in [0.5, 0.6) is 11.5 Å². The average Bonchev–Trinajstić information content (AvgIpc) is 3.54. The van der Waals surface area contributed by atoms with Crippen molar-refractivity contribution in [2.75, 3.05) is 14.2 Å². The van der Waals surface area contributed by atoms with Gasteiger partial charge in [0.05, 0.1) is 30.7 Å². The second-order valence-corrected chi connectivity index (χ2v) is 7.26. The summed E-state index contributed by atoms with van der Waals surface area (Å²) in [5.74, 6) is 1.67. The first-order chi connectivity index (χ1) is 16.7. The van der Waals surface area contributed by atoms with Gasteiger partial charge < -0.3 is 23.3 Å². The molecule has 2 aromatic heterocycles. The predicted molar refractivity (Wildman–Crippen MR) is 121 cm³/mol. The van der Waals surface area contributed by atoms with E-state index in [1.54, 1.807) is 43.5 Å². The molecule has 0 aliphatic heterocycles. The molecule has 0 N–H and O–H groups in total. The van der Waals surface area contributed by atoms with Gasteiger partial charge in [0.15, 0.2) is 12.4 Å². The third-order valence-electron chi connectivity index (χ3n) is 5.19. The minimum absolute atomic E-state index is 0.150. The normalized spacial score (nSPS) is 10.9. The lowest BCUT2D eigenvalue weighted by Crippen LogP contribution is -2.05. The summed E-state index contributed by atoms with van der Waals surface area (Å²) in [4.78, 5) is 17.0. The number of benzene rings is 3. The highest BCUT2D eigenvalue weighted by Crippen LogP contribution is 2.32. The largest absolute Gasteiger partial charge is 0.497 e. The molecule has 0 fully saturated rings. The second kappa shape index (κ2) is 9.07. The van der Waals surface area contributed by atoms with E-state index in [4.69, 9.17) is 23.3 Å². The third kappa shape index (κ3) is 4.06. The smallest absolute Gasteiger partial charge is 0.338 e. The molecule has 0 spiro atoms. The summed E-state index contributed by atoms with van der Waals surface area (Å²) in [5.41, 5.74) is 2.48. The Morgan fingerprint density at radius 1 is 0.912 bits per heavy atom. The Morgan fingerprint density at radius 2 is 1.76 bits per heavy atom. The van der Waals surface area contributed by atoms with Crippen molar-refractivity contribution in [1.82, 2.24) is 15.3 Å². The van der Waals surface area contributed by atoms with Crippen molar-refractivity contribution in [3.05, 3.63) is 78.2 Å². The molecule has 0 radical (unpaired) electrons. The van der Waals surface area contributed by atoms with Gasteiger partial charge in [-0.2, -0.15) is 4.98 Å². The molecule has 0 unspecified atom stereocenters. The Hall–Kier alpha value is -4.66. The molecular weight excluding hydrogens is 438 g/mol. The monoisotopic (exact) mass is 457 g/mol. The number of aromatic nitrogens is 3. The van der Waals surface area contributed by atoms with Crippen LogP contribution in [0, 0.1) is 0 Å². The van der Waals surface area contributed by atoms with Gasteiger partial charge >= 0.3 is 5.97 Å². The van der Waals surface area contributed by atoms with Crippen molar-refractivity contribution in [3.8, 4) is 34.2 Å². The lowest BCUT2D eigenvalue weighted by atomic mass is 10.1. The number of carbonyl (C=O) groups excluding carboxylic acids is 1. The number of nitrogens with zero attached hydrogens (tertiary/aromatic N) is 3. The first-order valence-electron chi connectivity index (χ1n) is 10.3. The van der Waals surface area contributed by atoms with E-state index in [0.717, 1.165) is 5.56 Å². The van der Waals surface area contributed by atoms with E-state index in [2.05, 4.69) is 15.3 Å². The van der Waals surface area contributed by atoms with Crippen LogP contribution in [0.15, 0.2) is 75.8 Å². The maximum absolute atomic E-state index is 12.7. The van der Waals surface area contributed by atoms with Gasteiger partial charge in [-0.3, -0.25) is 0 Å². The highest BCUT2D eigenvalue weighted by molar-refractivity contribution is 5.98. The van der Waals surface area contributed by atoms with E-state index in [9.17, 15) is 4.79 Å². The molecule has 0 aliphatic carbocycles. The van der Waals surface area contributed by atoms with Crippen LogP contribution in [-0.2, 0) is 11.3 Å².